The van der Waals surface area contributed by atoms with Gasteiger partial charge in [-0.2, -0.15) is 0 Å². The number of halogens is 1. The zero-order chi connectivity index (χ0) is 35.8. The van der Waals surface area contributed by atoms with E-state index >= 15 is 0 Å². The van der Waals surface area contributed by atoms with Crippen molar-refractivity contribution >= 4 is 50.3 Å². The van der Waals surface area contributed by atoms with Crippen molar-refractivity contribution in [3.8, 4) is 11.5 Å². The third-order valence-corrected chi connectivity index (χ3v) is 11.8. The Labute approximate surface area is 307 Å². The van der Waals surface area contributed by atoms with Crippen LogP contribution in [0.1, 0.15) is 38.8 Å². The number of carboxylic acid groups (broad SMARTS) is 1. The number of methoxy groups -OCH3 is 1. The van der Waals surface area contributed by atoms with Gasteiger partial charge in [0.1, 0.15) is 16.6 Å². The number of hydrogen-bond acceptors (Lipinski definition) is 6. The molecule has 0 bridgehead atoms. The zero-order valence-electron chi connectivity index (χ0n) is 27.9. The van der Waals surface area contributed by atoms with Crippen LogP contribution in [0.4, 0.5) is 0 Å². The lowest BCUT2D eigenvalue weighted by Gasteiger charge is -2.25. The van der Waals surface area contributed by atoms with Gasteiger partial charge in [-0.15, -0.1) is 11.8 Å². The van der Waals surface area contributed by atoms with Gasteiger partial charge in [0.25, 0.3) is 0 Å². The van der Waals surface area contributed by atoms with E-state index in [2.05, 4.69) is 33.6 Å². The first-order chi connectivity index (χ1) is 24.7. The molecule has 0 saturated heterocycles. The van der Waals surface area contributed by atoms with Crippen LogP contribution in [0.15, 0.2) is 132 Å². The van der Waals surface area contributed by atoms with Crippen molar-refractivity contribution in [1.29, 1.82) is 0 Å². The molecule has 0 fully saturated rings. The van der Waals surface area contributed by atoms with Crippen LogP contribution in [0.5, 0.6) is 11.5 Å². The first kappa shape index (κ1) is 36.1. The van der Waals surface area contributed by atoms with Crippen molar-refractivity contribution < 1.29 is 27.8 Å². The minimum absolute atomic E-state index is 0.163. The zero-order valence-corrected chi connectivity index (χ0v) is 30.3. The quantitative estimate of drug-likeness (QED) is 0.0959. The summed E-state index contributed by atoms with van der Waals surface area (Å²) in [5, 5.41) is 10.7. The van der Waals surface area contributed by atoms with Crippen molar-refractivity contribution in [2.24, 2.45) is 0 Å². The van der Waals surface area contributed by atoms with Crippen LogP contribution in [0.25, 0.3) is 10.9 Å². The first-order valence-corrected chi connectivity index (χ1v) is 19.4. The lowest BCUT2D eigenvalue weighted by molar-refractivity contribution is 0.0697. The van der Waals surface area contributed by atoms with E-state index in [1.807, 2.05) is 72.8 Å². The second-order valence-corrected chi connectivity index (χ2v) is 15.4. The van der Waals surface area contributed by atoms with E-state index in [-0.39, 0.29) is 23.2 Å². The number of thioether (sulfide) groups is 1. The number of nitrogens with one attached hydrogen (secondary N) is 1. The third kappa shape index (κ3) is 8.77. The highest BCUT2D eigenvalue weighted by atomic mass is 35.5. The van der Waals surface area contributed by atoms with Gasteiger partial charge in [0.15, 0.2) is 0 Å². The maximum atomic E-state index is 13.3. The highest BCUT2D eigenvalue weighted by molar-refractivity contribution is 8.11. The largest absolute Gasteiger partial charge is 0.496 e. The number of hydrogen-bond donors (Lipinski definition) is 2. The van der Waals surface area contributed by atoms with E-state index in [0.717, 1.165) is 38.2 Å². The molecule has 1 aromatic heterocycles. The Morgan fingerprint density at radius 1 is 0.863 bits per heavy atom. The molecule has 11 heteroatoms. The number of ether oxygens (including phenoxy) is 2. The molecule has 2 N–H and O–H groups in total. The Hall–Kier alpha value is -4.74. The highest BCUT2D eigenvalue weighted by Gasteiger charge is 2.26. The van der Waals surface area contributed by atoms with Crippen LogP contribution in [0.3, 0.4) is 0 Å². The molecule has 262 valence electrons. The third-order valence-electron chi connectivity index (χ3n) is 8.52. The SMILES string of the molecule is COc1ccccc1SCS(=O)(=O)NCCc1c(CCOc2ccc(C(=O)O)cc2)c2cc(Cl)ccc2n1C(c1ccccc1)c1ccccc1. The van der Waals surface area contributed by atoms with Gasteiger partial charge in [0, 0.05) is 41.0 Å². The summed E-state index contributed by atoms with van der Waals surface area (Å²) in [5.41, 5.74) is 5.24. The van der Waals surface area contributed by atoms with Crippen LogP contribution < -0.4 is 14.2 Å². The highest BCUT2D eigenvalue weighted by Crippen LogP contribution is 2.38. The molecule has 0 spiro atoms. The summed E-state index contributed by atoms with van der Waals surface area (Å²) in [6.45, 7) is 0.466. The molecule has 0 unspecified atom stereocenters. The minimum Gasteiger partial charge on any atom is -0.496 e. The molecule has 0 saturated carbocycles. The van der Waals surface area contributed by atoms with Crippen molar-refractivity contribution in [2.45, 2.75) is 23.8 Å². The summed E-state index contributed by atoms with van der Waals surface area (Å²) >= 11 is 7.82. The van der Waals surface area contributed by atoms with Crippen LogP contribution in [-0.4, -0.2) is 49.4 Å². The van der Waals surface area contributed by atoms with Gasteiger partial charge in [-0.1, -0.05) is 84.4 Å². The molecule has 0 aliphatic rings. The number of carbonyl (C=O) groups is 1. The fraction of sp³-hybridized carbons (Fsp3) is 0.175. The molecule has 5 aromatic carbocycles. The van der Waals surface area contributed by atoms with Gasteiger partial charge in [-0.25, -0.2) is 17.9 Å². The summed E-state index contributed by atoms with van der Waals surface area (Å²) in [4.78, 5) is 12.1. The number of aromatic carboxylic acids is 1. The van der Waals surface area contributed by atoms with Gasteiger partial charge in [-0.3, -0.25) is 0 Å². The van der Waals surface area contributed by atoms with E-state index in [0.29, 0.717) is 36.0 Å². The number of nitrogens with zero attached hydrogens (tertiary/aromatic N) is 1. The number of rotatable bonds is 16. The monoisotopic (exact) mass is 740 g/mol. The predicted octanol–water partition coefficient (Wildman–Crippen LogP) is 8.47. The molecule has 0 aliphatic carbocycles. The Bertz CT molecular complexity index is 2170. The molecule has 0 aliphatic heterocycles. The average molecular weight is 741 g/mol. The molecule has 1 heterocycles. The molecular formula is C40H37ClN2O6S2. The van der Waals surface area contributed by atoms with Gasteiger partial charge in [0.05, 0.1) is 30.2 Å². The number of carboxylic acids is 1. The topological polar surface area (TPSA) is 107 Å². The number of benzene rings is 5. The van der Waals surface area contributed by atoms with Crippen molar-refractivity contribution in [2.75, 3.05) is 25.3 Å². The smallest absolute Gasteiger partial charge is 0.335 e. The predicted molar refractivity (Wildman–Crippen MR) is 204 cm³/mol. The molecule has 51 heavy (non-hydrogen) atoms. The van der Waals surface area contributed by atoms with E-state index in [1.54, 1.807) is 25.3 Å². The van der Waals surface area contributed by atoms with E-state index in [4.69, 9.17) is 21.1 Å². The van der Waals surface area contributed by atoms with Crippen LogP contribution >= 0.6 is 23.4 Å². The Balaban J connectivity index is 1.36. The number of aromatic nitrogens is 1. The molecule has 6 rings (SSSR count). The van der Waals surface area contributed by atoms with Crippen molar-refractivity contribution in [3.63, 3.8) is 0 Å². The fourth-order valence-electron chi connectivity index (χ4n) is 6.22. The maximum Gasteiger partial charge on any atom is 0.335 e. The van der Waals surface area contributed by atoms with Crippen LogP contribution in [0, 0.1) is 0 Å². The normalized spacial score (nSPS) is 11.6. The van der Waals surface area contributed by atoms with E-state index in [9.17, 15) is 18.3 Å². The Morgan fingerprint density at radius 3 is 2.16 bits per heavy atom. The maximum absolute atomic E-state index is 13.3. The summed E-state index contributed by atoms with van der Waals surface area (Å²) in [6.07, 6.45) is 0.885. The van der Waals surface area contributed by atoms with Gasteiger partial charge in [-0.05, 0) is 71.3 Å². The molecule has 6 aromatic rings. The van der Waals surface area contributed by atoms with Gasteiger partial charge >= 0.3 is 5.97 Å². The molecule has 0 amide bonds. The second-order valence-electron chi connectivity index (χ2n) is 11.8. The van der Waals surface area contributed by atoms with Crippen molar-refractivity contribution in [3.05, 3.63) is 160 Å². The summed E-state index contributed by atoms with van der Waals surface area (Å²) in [5.74, 6) is 0.171. The number of para-hydroxylation sites is 1. The molecule has 0 radical (unpaired) electrons. The Kier molecular flexibility index (Phi) is 11.7. The summed E-state index contributed by atoms with van der Waals surface area (Å²) in [6, 6.07) is 39.7. The average Bonchev–Trinajstić information content (AvgIpc) is 3.43. The molecular weight excluding hydrogens is 704 g/mol. The van der Waals surface area contributed by atoms with Crippen LogP contribution in [-0.2, 0) is 22.9 Å². The number of fused-ring (bicyclic) bond motifs is 1. The van der Waals surface area contributed by atoms with Gasteiger partial charge < -0.3 is 19.1 Å². The lowest BCUT2D eigenvalue weighted by atomic mass is 9.97. The lowest BCUT2D eigenvalue weighted by Crippen LogP contribution is -2.28. The van der Waals surface area contributed by atoms with Crippen molar-refractivity contribution in [1.82, 2.24) is 9.29 Å². The Morgan fingerprint density at radius 2 is 1.51 bits per heavy atom. The molecule has 8 nitrogen and oxygen atoms in total. The van der Waals surface area contributed by atoms with E-state index < -0.39 is 16.0 Å². The fourth-order valence-corrected chi connectivity index (χ4v) is 8.74. The minimum atomic E-state index is -3.66. The molecule has 0 atom stereocenters. The standard InChI is InChI=1S/C40H37ClN2O6S2/c1-48-37-14-8-9-15-38(37)50-27-51(46,47)42-24-22-36-33(23-25-49-32-19-16-30(17-20-32)40(44)45)34-26-31(41)18-21-35(34)43(36)39(28-10-4-2-5-11-28)29-12-6-3-7-13-29/h2-21,26,39,42H,22-25,27H2,1H3,(H,44,45). The second kappa shape index (κ2) is 16.5. The number of sulfonamides is 1. The first-order valence-electron chi connectivity index (χ1n) is 16.3. The van der Waals surface area contributed by atoms with E-state index in [1.165, 1.54) is 23.9 Å². The summed E-state index contributed by atoms with van der Waals surface area (Å²) in [7, 11) is -2.10. The van der Waals surface area contributed by atoms with Crippen LogP contribution in [0.2, 0.25) is 5.02 Å². The van der Waals surface area contributed by atoms with Gasteiger partial charge in [0.2, 0.25) is 10.0 Å². The summed E-state index contributed by atoms with van der Waals surface area (Å²) < 4.78 is 43.2.